The van der Waals surface area contributed by atoms with Crippen molar-refractivity contribution in [2.45, 2.75) is 45.6 Å². The first-order valence-corrected chi connectivity index (χ1v) is 7.06. The Morgan fingerprint density at radius 2 is 1.95 bits per heavy atom. The summed E-state index contributed by atoms with van der Waals surface area (Å²) < 4.78 is 10.8. The Labute approximate surface area is 120 Å². The molecule has 0 saturated heterocycles. The molecule has 1 saturated carbocycles. The summed E-state index contributed by atoms with van der Waals surface area (Å²) in [6.07, 6.45) is 4.46. The molecule has 1 aliphatic carbocycles. The van der Waals surface area contributed by atoms with E-state index in [1.807, 2.05) is 0 Å². The zero-order valence-electron chi connectivity index (χ0n) is 12.4. The molecule has 1 fully saturated rings. The van der Waals surface area contributed by atoms with Gasteiger partial charge in [-0.1, -0.05) is 13.8 Å². The van der Waals surface area contributed by atoms with Crippen molar-refractivity contribution in [3.63, 3.8) is 0 Å². The number of carbonyl (C=O) groups excluding carboxylic acids is 1. The first-order valence-electron chi connectivity index (χ1n) is 7.06. The lowest BCUT2D eigenvalue weighted by Crippen LogP contribution is -2.28. The predicted octanol–water partition coefficient (Wildman–Crippen LogP) is 3.40. The molecule has 2 rings (SSSR count). The van der Waals surface area contributed by atoms with Crippen LogP contribution in [0.5, 0.6) is 5.75 Å². The monoisotopic (exact) mass is 277 g/mol. The number of nitrogen functional groups attached to an aromatic ring is 1. The average molecular weight is 277 g/mol. The van der Waals surface area contributed by atoms with E-state index in [-0.39, 0.29) is 6.10 Å². The number of carbonyl (C=O) groups is 1. The normalized spacial score (nSPS) is 18.6. The van der Waals surface area contributed by atoms with Gasteiger partial charge in [0.2, 0.25) is 0 Å². The summed E-state index contributed by atoms with van der Waals surface area (Å²) in [5.41, 5.74) is 7.05. The molecule has 0 atom stereocenters. The van der Waals surface area contributed by atoms with Gasteiger partial charge in [0.05, 0.1) is 13.2 Å². The molecule has 20 heavy (non-hydrogen) atoms. The highest BCUT2D eigenvalue weighted by Gasteiger charge is 2.28. The summed E-state index contributed by atoms with van der Waals surface area (Å²) in [6, 6.07) is 5.10. The van der Waals surface area contributed by atoms with Crippen LogP contribution in [0.15, 0.2) is 18.2 Å². The van der Waals surface area contributed by atoms with Gasteiger partial charge >= 0.3 is 5.97 Å². The van der Waals surface area contributed by atoms with Crippen LogP contribution in [-0.2, 0) is 4.74 Å². The molecule has 0 aliphatic heterocycles. The number of nitrogens with two attached hydrogens (primary N) is 1. The van der Waals surface area contributed by atoms with E-state index in [4.69, 9.17) is 15.2 Å². The van der Waals surface area contributed by atoms with E-state index in [0.717, 1.165) is 25.7 Å². The maximum Gasteiger partial charge on any atom is 0.341 e. The molecule has 1 aliphatic rings. The van der Waals surface area contributed by atoms with E-state index in [1.54, 1.807) is 18.2 Å². The van der Waals surface area contributed by atoms with Crippen molar-refractivity contribution in [2.75, 3.05) is 12.8 Å². The van der Waals surface area contributed by atoms with Crippen LogP contribution in [0.25, 0.3) is 0 Å². The van der Waals surface area contributed by atoms with Gasteiger partial charge in [0, 0.05) is 5.69 Å². The molecule has 110 valence electrons. The van der Waals surface area contributed by atoms with Crippen LogP contribution in [0.2, 0.25) is 0 Å². The van der Waals surface area contributed by atoms with Crippen LogP contribution in [0.1, 0.15) is 49.9 Å². The van der Waals surface area contributed by atoms with Gasteiger partial charge < -0.3 is 15.2 Å². The Hall–Kier alpha value is -1.71. The SMILES string of the molecule is COC(=O)c1cc(N)ccc1OC1CCC(C)(C)CC1. The van der Waals surface area contributed by atoms with Gasteiger partial charge in [-0.25, -0.2) is 4.79 Å². The molecule has 2 N–H and O–H groups in total. The quantitative estimate of drug-likeness (QED) is 0.679. The van der Waals surface area contributed by atoms with Gasteiger partial charge in [0.25, 0.3) is 0 Å². The number of ether oxygens (including phenoxy) is 2. The number of hydrogen-bond acceptors (Lipinski definition) is 4. The third-order valence-electron chi connectivity index (χ3n) is 3.99. The van der Waals surface area contributed by atoms with Gasteiger partial charge in [-0.15, -0.1) is 0 Å². The molecule has 0 heterocycles. The highest BCUT2D eigenvalue weighted by molar-refractivity contribution is 5.93. The number of hydrogen-bond donors (Lipinski definition) is 1. The second-order valence-corrected chi connectivity index (χ2v) is 6.23. The van der Waals surface area contributed by atoms with Gasteiger partial charge in [-0.2, -0.15) is 0 Å². The van der Waals surface area contributed by atoms with Gasteiger partial charge in [-0.3, -0.25) is 0 Å². The summed E-state index contributed by atoms with van der Waals surface area (Å²) in [4.78, 5) is 11.8. The van der Waals surface area contributed by atoms with E-state index in [0.29, 0.717) is 22.4 Å². The lowest BCUT2D eigenvalue weighted by atomic mass is 9.76. The minimum Gasteiger partial charge on any atom is -0.490 e. The molecule has 0 amide bonds. The Bertz CT molecular complexity index is 486. The van der Waals surface area contributed by atoms with E-state index in [1.165, 1.54) is 7.11 Å². The van der Waals surface area contributed by atoms with E-state index >= 15 is 0 Å². The molecule has 0 unspecified atom stereocenters. The smallest absolute Gasteiger partial charge is 0.341 e. The third-order valence-corrected chi connectivity index (χ3v) is 3.99. The first-order chi connectivity index (χ1) is 9.41. The number of benzene rings is 1. The minimum absolute atomic E-state index is 0.162. The minimum atomic E-state index is -0.413. The lowest BCUT2D eigenvalue weighted by Gasteiger charge is -2.34. The molecule has 0 aromatic heterocycles. The molecule has 1 aromatic carbocycles. The molecule has 4 heteroatoms. The first kappa shape index (κ1) is 14.7. The van der Waals surface area contributed by atoms with Crippen molar-refractivity contribution in [3.8, 4) is 5.75 Å². The van der Waals surface area contributed by atoms with E-state index in [2.05, 4.69) is 13.8 Å². The second-order valence-electron chi connectivity index (χ2n) is 6.23. The Morgan fingerprint density at radius 3 is 2.55 bits per heavy atom. The summed E-state index contributed by atoms with van der Waals surface area (Å²) in [5.74, 6) is 0.152. The summed E-state index contributed by atoms with van der Waals surface area (Å²) >= 11 is 0. The van der Waals surface area contributed by atoms with Crippen LogP contribution in [0, 0.1) is 5.41 Å². The Morgan fingerprint density at radius 1 is 1.30 bits per heavy atom. The summed E-state index contributed by atoms with van der Waals surface area (Å²) in [6.45, 7) is 4.57. The maximum absolute atomic E-state index is 11.8. The average Bonchev–Trinajstić information content (AvgIpc) is 2.42. The predicted molar refractivity (Wildman–Crippen MR) is 78.9 cm³/mol. The number of methoxy groups -OCH3 is 1. The number of rotatable bonds is 3. The maximum atomic E-state index is 11.8. The third kappa shape index (κ3) is 3.44. The Balaban J connectivity index is 2.11. The van der Waals surface area contributed by atoms with Crippen LogP contribution in [0.4, 0.5) is 5.69 Å². The molecule has 0 spiro atoms. The fourth-order valence-corrected chi connectivity index (χ4v) is 2.59. The van der Waals surface area contributed by atoms with Crippen molar-refractivity contribution in [2.24, 2.45) is 5.41 Å². The molecule has 1 aromatic rings. The highest BCUT2D eigenvalue weighted by Crippen LogP contribution is 2.37. The highest BCUT2D eigenvalue weighted by atomic mass is 16.5. The fraction of sp³-hybridized carbons (Fsp3) is 0.562. The zero-order chi connectivity index (χ0) is 14.8. The second kappa shape index (κ2) is 5.73. The van der Waals surface area contributed by atoms with Crippen molar-refractivity contribution < 1.29 is 14.3 Å². The van der Waals surface area contributed by atoms with Crippen molar-refractivity contribution in [1.29, 1.82) is 0 Å². The van der Waals surface area contributed by atoms with Crippen LogP contribution in [0.3, 0.4) is 0 Å². The van der Waals surface area contributed by atoms with Crippen LogP contribution in [-0.4, -0.2) is 19.2 Å². The van der Waals surface area contributed by atoms with E-state index in [9.17, 15) is 4.79 Å². The molecule has 0 bridgehead atoms. The molecule has 0 radical (unpaired) electrons. The van der Waals surface area contributed by atoms with Gasteiger partial charge in [0.15, 0.2) is 0 Å². The fourth-order valence-electron chi connectivity index (χ4n) is 2.59. The van der Waals surface area contributed by atoms with Crippen LogP contribution >= 0.6 is 0 Å². The largest absolute Gasteiger partial charge is 0.490 e. The Kier molecular flexibility index (Phi) is 4.21. The van der Waals surface area contributed by atoms with E-state index < -0.39 is 5.97 Å². The summed E-state index contributed by atoms with van der Waals surface area (Å²) in [7, 11) is 1.36. The topological polar surface area (TPSA) is 61.5 Å². The van der Waals surface area contributed by atoms with Gasteiger partial charge in [-0.05, 0) is 49.3 Å². The summed E-state index contributed by atoms with van der Waals surface area (Å²) in [5, 5.41) is 0. The lowest BCUT2D eigenvalue weighted by molar-refractivity contribution is 0.0582. The van der Waals surface area contributed by atoms with Crippen molar-refractivity contribution >= 4 is 11.7 Å². The standard InChI is InChI=1S/C16H23NO3/c1-16(2)8-6-12(7-9-16)20-14-5-4-11(17)10-13(14)15(18)19-3/h4-5,10,12H,6-9,17H2,1-3H3. The molecule has 4 nitrogen and oxygen atoms in total. The van der Waals surface area contributed by atoms with Crippen molar-refractivity contribution in [1.82, 2.24) is 0 Å². The van der Waals surface area contributed by atoms with Crippen LogP contribution < -0.4 is 10.5 Å². The van der Waals surface area contributed by atoms with Gasteiger partial charge in [0.1, 0.15) is 11.3 Å². The number of esters is 1. The zero-order valence-corrected chi connectivity index (χ0v) is 12.4. The molecular formula is C16H23NO3. The molecular weight excluding hydrogens is 254 g/mol. The number of anilines is 1. The van der Waals surface area contributed by atoms with Crippen molar-refractivity contribution in [3.05, 3.63) is 23.8 Å².